The van der Waals surface area contributed by atoms with Crippen molar-refractivity contribution in [3.63, 3.8) is 0 Å². The highest BCUT2D eigenvalue weighted by atomic mass is 16.4. The second kappa shape index (κ2) is 3.05. The lowest BCUT2D eigenvalue weighted by Gasteiger charge is -2.44. The van der Waals surface area contributed by atoms with Gasteiger partial charge >= 0.3 is 5.97 Å². The van der Waals surface area contributed by atoms with E-state index in [0.717, 1.165) is 12.8 Å². The van der Waals surface area contributed by atoms with Crippen molar-refractivity contribution < 1.29 is 9.90 Å². The van der Waals surface area contributed by atoms with Crippen LogP contribution in [0.5, 0.6) is 0 Å². The molecule has 12 heavy (non-hydrogen) atoms. The summed E-state index contributed by atoms with van der Waals surface area (Å²) in [6.45, 7) is 4.20. The Bertz CT molecular complexity index is 191. The molecule has 0 aliphatic heterocycles. The van der Waals surface area contributed by atoms with Crippen LogP contribution in [0.2, 0.25) is 0 Å². The molecule has 0 radical (unpaired) electrons. The largest absolute Gasteiger partial charge is 0.480 e. The molecular weight excluding hydrogens is 154 g/mol. The molecule has 1 saturated carbocycles. The molecule has 0 aromatic rings. The van der Waals surface area contributed by atoms with Crippen LogP contribution >= 0.6 is 0 Å². The zero-order chi connectivity index (χ0) is 9.35. The fourth-order valence-electron chi connectivity index (χ4n) is 1.84. The van der Waals surface area contributed by atoms with Crippen molar-refractivity contribution in [1.29, 1.82) is 0 Å². The lowest BCUT2D eigenvalue weighted by atomic mass is 9.64. The lowest BCUT2D eigenvalue weighted by molar-refractivity contribution is -0.151. The normalized spacial score (nSPS) is 34.8. The molecule has 1 fully saturated rings. The Balaban J connectivity index is 2.53. The molecule has 3 nitrogen and oxygen atoms in total. The standard InChI is InChI=1S/C9H17NO2/c1-6(2)5-7-3-4-9(7,10)8(11)12/h6-7H,3-5,10H2,1-2H3,(H,11,12)/t7-,9-/m0/s1. The van der Waals surface area contributed by atoms with Gasteiger partial charge in [-0.1, -0.05) is 13.8 Å². The van der Waals surface area contributed by atoms with Gasteiger partial charge < -0.3 is 10.8 Å². The maximum Gasteiger partial charge on any atom is 0.323 e. The molecule has 0 unspecified atom stereocenters. The van der Waals surface area contributed by atoms with Gasteiger partial charge in [-0.15, -0.1) is 0 Å². The first-order valence-electron chi connectivity index (χ1n) is 4.49. The van der Waals surface area contributed by atoms with E-state index in [9.17, 15) is 4.79 Å². The monoisotopic (exact) mass is 171 g/mol. The summed E-state index contributed by atoms with van der Waals surface area (Å²) in [5.74, 6) is -0.105. The maximum atomic E-state index is 10.8. The van der Waals surface area contributed by atoms with E-state index in [-0.39, 0.29) is 5.92 Å². The third-order valence-electron chi connectivity index (χ3n) is 2.79. The minimum absolute atomic E-state index is 0.190. The van der Waals surface area contributed by atoms with Crippen LogP contribution < -0.4 is 5.73 Å². The highest BCUT2D eigenvalue weighted by Gasteiger charge is 2.49. The molecule has 70 valence electrons. The summed E-state index contributed by atoms with van der Waals surface area (Å²) < 4.78 is 0. The van der Waals surface area contributed by atoms with E-state index in [4.69, 9.17) is 10.8 Å². The predicted molar refractivity (Wildman–Crippen MR) is 46.7 cm³/mol. The second-order valence-corrected chi connectivity index (χ2v) is 4.21. The van der Waals surface area contributed by atoms with Crippen LogP contribution in [0.15, 0.2) is 0 Å². The molecular formula is C9H17NO2. The highest BCUT2D eigenvalue weighted by molar-refractivity contribution is 5.80. The summed E-state index contributed by atoms with van der Waals surface area (Å²) >= 11 is 0. The van der Waals surface area contributed by atoms with Crippen LogP contribution in [0.4, 0.5) is 0 Å². The summed E-state index contributed by atoms with van der Waals surface area (Å²) in [6, 6.07) is 0. The molecule has 3 N–H and O–H groups in total. The van der Waals surface area contributed by atoms with Crippen LogP contribution in [-0.4, -0.2) is 16.6 Å². The smallest absolute Gasteiger partial charge is 0.323 e. The van der Waals surface area contributed by atoms with E-state index in [1.807, 2.05) is 0 Å². The summed E-state index contributed by atoms with van der Waals surface area (Å²) in [6.07, 6.45) is 2.55. The molecule has 0 saturated heterocycles. The zero-order valence-electron chi connectivity index (χ0n) is 7.71. The van der Waals surface area contributed by atoms with E-state index in [1.54, 1.807) is 0 Å². The summed E-state index contributed by atoms with van der Waals surface area (Å²) in [5, 5.41) is 8.85. The van der Waals surface area contributed by atoms with Crippen LogP contribution in [0, 0.1) is 11.8 Å². The third kappa shape index (κ3) is 1.46. The van der Waals surface area contributed by atoms with Gasteiger partial charge in [0.15, 0.2) is 0 Å². The number of carboxylic acid groups (broad SMARTS) is 1. The quantitative estimate of drug-likeness (QED) is 0.671. The molecule has 0 amide bonds. The number of hydrogen-bond donors (Lipinski definition) is 2. The van der Waals surface area contributed by atoms with Crippen molar-refractivity contribution >= 4 is 5.97 Å². The van der Waals surface area contributed by atoms with E-state index in [2.05, 4.69) is 13.8 Å². The maximum absolute atomic E-state index is 10.8. The van der Waals surface area contributed by atoms with Gasteiger partial charge in [-0.25, -0.2) is 0 Å². The van der Waals surface area contributed by atoms with Crippen LogP contribution in [-0.2, 0) is 4.79 Å². The third-order valence-corrected chi connectivity index (χ3v) is 2.79. The minimum Gasteiger partial charge on any atom is -0.480 e. The Morgan fingerprint density at radius 1 is 1.75 bits per heavy atom. The topological polar surface area (TPSA) is 63.3 Å². The van der Waals surface area contributed by atoms with Gasteiger partial charge in [0.1, 0.15) is 5.54 Å². The summed E-state index contributed by atoms with van der Waals surface area (Å²) in [4.78, 5) is 10.8. The van der Waals surface area contributed by atoms with Crippen LogP contribution in [0.25, 0.3) is 0 Å². The Labute approximate surface area is 72.9 Å². The molecule has 1 aliphatic carbocycles. The lowest BCUT2D eigenvalue weighted by Crippen LogP contribution is -2.61. The SMILES string of the molecule is CC(C)C[C@@H]1CC[C@@]1(N)C(=O)O. The van der Waals surface area contributed by atoms with E-state index in [0.29, 0.717) is 12.3 Å². The number of hydrogen-bond acceptors (Lipinski definition) is 2. The number of rotatable bonds is 3. The second-order valence-electron chi connectivity index (χ2n) is 4.21. The summed E-state index contributed by atoms with van der Waals surface area (Å²) in [7, 11) is 0. The van der Waals surface area contributed by atoms with Gasteiger partial charge in [-0.05, 0) is 31.1 Å². The Kier molecular flexibility index (Phi) is 2.42. The van der Waals surface area contributed by atoms with Gasteiger partial charge in [0, 0.05) is 0 Å². The van der Waals surface area contributed by atoms with Gasteiger partial charge in [-0.3, -0.25) is 4.79 Å². The number of nitrogens with two attached hydrogens (primary N) is 1. The molecule has 1 aliphatic rings. The molecule has 0 heterocycles. The van der Waals surface area contributed by atoms with Crippen molar-refractivity contribution in [2.45, 2.75) is 38.6 Å². The molecule has 0 spiro atoms. The number of carbonyl (C=O) groups is 1. The molecule has 0 bridgehead atoms. The van der Waals surface area contributed by atoms with E-state index in [1.165, 1.54) is 0 Å². The first-order chi connectivity index (χ1) is 5.47. The fourth-order valence-corrected chi connectivity index (χ4v) is 1.84. The molecule has 2 atom stereocenters. The van der Waals surface area contributed by atoms with Gasteiger partial charge in [0.2, 0.25) is 0 Å². The average molecular weight is 171 g/mol. The van der Waals surface area contributed by atoms with Gasteiger partial charge in [-0.2, -0.15) is 0 Å². The van der Waals surface area contributed by atoms with Crippen LogP contribution in [0.3, 0.4) is 0 Å². The molecule has 0 aromatic heterocycles. The Morgan fingerprint density at radius 3 is 2.58 bits per heavy atom. The van der Waals surface area contributed by atoms with Crippen molar-refractivity contribution in [2.24, 2.45) is 17.6 Å². The zero-order valence-corrected chi connectivity index (χ0v) is 7.71. The predicted octanol–water partition coefficient (Wildman–Crippen LogP) is 1.22. The first kappa shape index (κ1) is 9.52. The first-order valence-corrected chi connectivity index (χ1v) is 4.49. The average Bonchev–Trinajstić information content (AvgIpc) is 1.96. The Hall–Kier alpha value is -0.570. The van der Waals surface area contributed by atoms with E-state index < -0.39 is 11.5 Å². The van der Waals surface area contributed by atoms with Crippen molar-refractivity contribution in [2.75, 3.05) is 0 Å². The minimum atomic E-state index is -0.912. The van der Waals surface area contributed by atoms with Crippen molar-refractivity contribution in [3.8, 4) is 0 Å². The van der Waals surface area contributed by atoms with Gasteiger partial charge in [0.25, 0.3) is 0 Å². The van der Waals surface area contributed by atoms with E-state index >= 15 is 0 Å². The number of aliphatic carboxylic acids is 1. The number of carboxylic acids is 1. The fraction of sp³-hybridized carbons (Fsp3) is 0.889. The Morgan fingerprint density at radius 2 is 2.33 bits per heavy atom. The highest BCUT2D eigenvalue weighted by Crippen LogP contribution is 2.40. The molecule has 3 heteroatoms. The van der Waals surface area contributed by atoms with Crippen molar-refractivity contribution in [1.82, 2.24) is 0 Å². The van der Waals surface area contributed by atoms with Crippen LogP contribution in [0.1, 0.15) is 33.1 Å². The van der Waals surface area contributed by atoms with Crippen molar-refractivity contribution in [3.05, 3.63) is 0 Å². The molecule has 0 aromatic carbocycles. The molecule has 1 rings (SSSR count). The summed E-state index contributed by atoms with van der Waals surface area (Å²) in [5.41, 5.74) is 4.83. The van der Waals surface area contributed by atoms with Gasteiger partial charge in [0.05, 0.1) is 0 Å².